The van der Waals surface area contributed by atoms with Gasteiger partial charge in [0.05, 0.1) is 0 Å². The van der Waals surface area contributed by atoms with Gasteiger partial charge in [0.1, 0.15) is 15.8 Å². The first-order valence-corrected chi connectivity index (χ1v) is 6.08. The summed E-state index contributed by atoms with van der Waals surface area (Å²) in [5.41, 5.74) is 2.76. The monoisotopic (exact) mass is 277 g/mol. The Morgan fingerprint density at radius 1 is 1.69 bits per heavy atom. The topological polar surface area (TPSA) is 57.6 Å². The average molecular weight is 278 g/mol. The highest BCUT2D eigenvalue weighted by molar-refractivity contribution is 8.26. The van der Waals surface area contributed by atoms with Crippen LogP contribution in [0.15, 0.2) is 16.7 Å². The third-order valence-corrected chi connectivity index (χ3v) is 3.21. The minimum Gasteiger partial charge on any atom is -0.480 e. The molecule has 0 bridgehead atoms. The molecule has 16 heavy (non-hydrogen) atoms. The summed E-state index contributed by atoms with van der Waals surface area (Å²) in [6.45, 7) is -0.411. The molecule has 1 amide bonds. The molecule has 1 N–H and O–H groups in total. The van der Waals surface area contributed by atoms with Gasteiger partial charge in [0.25, 0.3) is 5.91 Å². The Labute approximate surface area is 107 Å². The number of carbonyl (C=O) groups is 2. The molecular weight excluding hydrogens is 270 g/mol. The lowest BCUT2D eigenvalue weighted by Gasteiger charge is -2.09. The van der Waals surface area contributed by atoms with Crippen molar-refractivity contribution in [1.29, 1.82) is 0 Å². The molecule has 0 aliphatic carbocycles. The van der Waals surface area contributed by atoms with Gasteiger partial charge in [0, 0.05) is 5.88 Å². The summed E-state index contributed by atoms with van der Waals surface area (Å²) in [6.07, 6.45) is 2.24. The number of hydrogen-bond donors (Lipinski definition) is 1. The Kier molecular flexibility index (Phi) is 5.02. The molecule has 0 saturated carbocycles. The lowest BCUT2D eigenvalue weighted by molar-refractivity contribution is -0.140. The van der Waals surface area contributed by atoms with E-state index in [1.165, 1.54) is 0 Å². The fourth-order valence-electron chi connectivity index (χ4n) is 0.974. The van der Waals surface area contributed by atoms with Crippen molar-refractivity contribution in [2.75, 3.05) is 12.4 Å². The lowest BCUT2D eigenvalue weighted by Crippen LogP contribution is -2.33. The molecule has 86 valence electrons. The van der Waals surface area contributed by atoms with Crippen LogP contribution in [0.2, 0.25) is 0 Å². The van der Waals surface area contributed by atoms with Crippen molar-refractivity contribution in [2.24, 2.45) is 0 Å². The summed E-state index contributed by atoms with van der Waals surface area (Å²) >= 11 is 11.4. The van der Waals surface area contributed by atoms with Gasteiger partial charge < -0.3 is 5.11 Å². The average Bonchev–Trinajstić information content (AvgIpc) is 2.46. The minimum absolute atomic E-state index is 0.245. The third kappa shape index (κ3) is 3.35. The van der Waals surface area contributed by atoms with Crippen molar-refractivity contribution < 1.29 is 14.7 Å². The van der Waals surface area contributed by atoms with Gasteiger partial charge in [0.2, 0.25) is 0 Å². The highest BCUT2D eigenvalue weighted by Gasteiger charge is 2.33. The zero-order valence-corrected chi connectivity index (χ0v) is 10.5. The van der Waals surface area contributed by atoms with E-state index in [0.29, 0.717) is 17.2 Å². The molecule has 0 atom stereocenters. The van der Waals surface area contributed by atoms with Gasteiger partial charge in [-0.3, -0.25) is 14.5 Å². The summed E-state index contributed by atoms with van der Waals surface area (Å²) in [4.78, 5) is 23.5. The van der Waals surface area contributed by atoms with E-state index in [1.54, 1.807) is 6.08 Å². The first-order chi connectivity index (χ1) is 7.56. The number of alkyl halides is 1. The second-order valence-corrected chi connectivity index (χ2v) is 4.83. The second-order valence-electron chi connectivity index (χ2n) is 2.81. The zero-order valence-electron chi connectivity index (χ0n) is 8.10. The summed E-state index contributed by atoms with van der Waals surface area (Å²) in [5, 5.41) is 8.59. The van der Waals surface area contributed by atoms with Crippen molar-refractivity contribution in [3.05, 3.63) is 16.7 Å². The first kappa shape index (κ1) is 13.3. The quantitative estimate of drug-likeness (QED) is 0.366. The molecular formula is C9H8ClNO3S2. The van der Waals surface area contributed by atoms with E-state index in [0.717, 1.165) is 16.7 Å². The van der Waals surface area contributed by atoms with E-state index in [9.17, 15) is 9.59 Å². The molecule has 4 nitrogen and oxygen atoms in total. The van der Waals surface area contributed by atoms with Gasteiger partial charge in [-0.15, -0.1) is 17.3 Å². The Hall–Kier alpha value is -0.810. The standard InChI is InChI=1S/C9H8ClNO3S2/c10-4-2-1-3-6-8(14)11(5-7(12)13)9(15)16-6/h1H,2,4-5H2,(H,12,13). The van der Waals surface area contributed by atoms with Crippen molar-refractivity contribution in [2.45, 2.75) is 6.42 Å². The van der Waals surface area contributed by atoms with Crippen LogP contribution in [0.25, 0.3) is 0 Å². The van der Waals surface area contributed by atoms with E-state index in [1.807, 2.05) is 0 Å². The highest BCUT2D eigenvalue weighted by atomic mass is 35.5. The lowest BCUT2D eigenvalue weighted by atomic mass is 10.4. The van der Waals surface area contributed by atoms with Gasteiger partial charge in [-0.25, -0.2) is 0 Å². The number of hydrogen-bond acceptors (Lipinski definition) is 4. The van der Waals surface area contributed by atoms with Crippen LogP contribution in [0, 0.1) is 0 Å². The van der Waals surface area contributed by atoms with Crippen LogP contribution in [0.4, 0.5) is 0 Å². The number of thioether (sulfide) groups is 1. The fraction of sp³-hybridized carbons (Fsp3) is 0.333. The van der Waals surface area contributed by atoms with E-state index in [2.05, 4.69) is 5.73 Å². The highest BCUT2D eigenvalue weighted by Crippen LogP contribution is 2.29. The summed E-state index contributed by atoms with van der Waals surface area (Å²) in [5.74, 6) is -1.06. The zero-order chi connectivity index (χ0) is 12.1. The molecule has 1 saturated heterocycles. The molecule has 1 fully saturated rings. The van der Waals surface area contributed by atoms with Crippen molar-refractivity contribution in [1.82, 2.24) is 4.90 Å². The number of nitrogens with zero attached hydrogens (tertiary/aromatic N) is 1. The number of rotatable bonds is 4. The maximum Gasteiger partial charge on any atom is 0.323 e. The molecule has 0 aromatic carbocycles. The molecule has 1 rings (SSSR count). The van der Waals surface area contributed by atoms with Gasteiger partial charge in [0.15, 0.2) is 0 Å². The molecule has 1 heterocycles. The van der Waals surface area contributed by atoms with Crippen LogP contribution in [-0.2, 0) is 9.59 Å². The number of carboxylic acid groups (broad SMARTS) is 1. The SMILES string of the molecule is O=C(O)CN1C(=O)C(=C=CCCCl)SC1=S. The predicted molar refractivity (Wildman–Crippen MR) is 66.5 cm³/mol. The molecule has 7 heteroatoms. The molecule has 0 aromatic heterocycles. The van der Waals surface area contributed by atoms with Crippen LogP contribution in [0.3, 0.4) is 0 Å². The Bertz CT molecular complexity index is 402. The van der Waals surface area contributed by atoms with Crippen molar-refractivity contribution in [3.63, 3.8) is 0 Å². The fourth-order valence-corrected chi connectivity index (χ4v) is 2.25. The maximum atomic E-state index is 11.6. The molecule has 0 radical (unpaired) electrons. The van der Waals surface area contributed by atoms with Gasteiger partial charge >= 0.3 is 5.97 Å². The van der Waals surface area contributed by atoms with Crippen LogP contribution in [0.1, 0.15) is 6.42 Å². The first-order valence-electron chi connectivity index (χ1n) is 4.33. The predicted octanol–water partition coefficient (Wildman–Crippen LogP) is 1.60. The smallest absolute Gasteiger partial charge is 0.323 e. The van der Waals surface area contributed by atoms with Crippen molar-refractivity contribution in [3.8, 4) is 0 Å². The normalized spacial score (nSPS) is 15.3. The molecule has 0 aromatic rings. The van der Waals surface area contributed by atoms with Crippen LogP contribution < -0.4 is 0 Å². The van der Waals surface area contributed by atoms with E-state index in [-0.39, 0.29) is 4.32 Å². The van der Waals surface area contributed by atoms with Crippen LogP contribution in [-0.4, -0.2) is 38.6 Å². The Morgan fingerprint density at radius 3 is 2.94 bits per heavy atom. The molecule has 0 unspecified atom stereocenters. The third-order valence-electron chi connectivity index (χ3n) is 1.63. The summed E-state index contributed by atoms with van der Waals surface area (Å²) in [7, 11) is 0. The second kappa shape index (κ2) is 6.06. The largest absolute Gasteiger partial charge is 0.480 e. The van der Waals surface area contributed by atoms with Gasteiger partial charge in [-0.1, -0.05) is 12.2 Å². The molecule has 0 spiro atoms. The number of aliphatic carboxylic acids is 1. The van der Waals surface area contributed by atoms with Gasteiger partial charge in [-0.2, -0.15) is 0 Å². The molecule has 1 aliphatic heterocycles. The van der Waals surface area contributed by atoms with Crippen LogP contribution >= 0.6 is 35.6 Å². The minimum atomic E-state index is -1.10. The number of thiocarbonyl (C=S) groups is 1. The number of carboxylic acids is 1. The number of carbonyl (C=O) groups excluding carboxylic acids is 1. The Morgan fingerprint density at radius 2 is 2.38 bits per heavy atom. The Balaban J connectivity index is 2.82. The van der Waals surface area contributed by atoms with E-state index < -0.39 is 18.4 Å². The van der Waals surface area contributed by atoms with E-state index >= 15 is 0 Å². The summed E-state index contributed by atoms with van der Waals surface area (Å²) < 4.78 is 0.245. The number of halogens is 1. The summed E-state index contributed by atoms with van der Waals surface area (Å²) in [6, 6.07) is 0. The maximum absolute atomic E-state index is 11.6. The van der Waals surface area contributed by atoms with Gasteiger partial charge in [-0.05, 0) is 24.3 Å². The van der Waals surface area contributed by atoms with E-state index in [4.69, 9.17) is 28.9 Å². The number of amides is 1. The molecule has 1 aliphatic rings. The van der Waals surface area contributed by atoms with Crippen molar-refractivity contribution >= 4 is 51.8 Å². The van der Waals surface area contributed by atoms with Crippen LogP contribution in [0.5, 0.6) is 0 Å².